The minimum absolute atomic E-state index is 0.0833. The summed E-state index contributed by atoms with van der Waals surface area (Å²) < 4.78 is 0. The molecule has 0 aromatic heterocycles. The molecule has 0 aliphatic heterocycles. The summed E-state index contributed by atoms with van der Waals surface area (Å²) in [6.07, 6.45) is 2.06. The van der Waals surface area contributed by atoms with Crippen molar-refractivity contribution in [3.63, 3.8) is 0 Å². The van der Waals surface area contributed by atoms with Crippen molar-refractivity contribution in [1.82, 2.24) is 0 Å². The molecule has 0 aliphatic rings. The molecule has 4 unspecified atom stereocenters. The molecule has 0 aromatic rings. The van der Waals surface area contributed by atoms with E-state index >= 15 is 0 Å². The van der Waals surface area contributed by atoms with Gasteiger partial charge in [0.15, 0.2) is 0 Å². The van der Waals surface area contributed by atoms with Crippen molar-refractivity contribution in [2.45, 2.75) is 71.7 Å². The SMILES string of the molecule is CC(O)CC(C)O.CCCC(O)C(CC)CO. The van der Waals surface area contributed by atoms with E-state index in [2.05, 4.69) is 0 Å². The highest BCUT2D eigenvalue weighted by Gasteiger charge is 2.14. The average molecular weight is 250 g/mol. The molecule has 0 spiro atoms. The third kappa shape index (κ3) is 13.8. The van der Waals surface area contributed by atoms with Crippen molar-refractivity contribution in [2.24, 2.45) is 5.92 Å². The first-order chi connectivity index (χ1) is 7.88. The molecule has 0 saturated carbocycles. The first-order valence-electron chi connectivity index (χ1n) is 6.53. The van der Waals surface area contributed by atoms with Gasteiger partial charge in [-0.15, -0.1) is 0 Å². The molecule has 0 amide bonds. The number of rotatable bonds is 7. The van der Waals surface area contributed by atoms with Gasteiger partial charge in [-0.3, -0.25) is 0 Å². The highest BCUT2D eigenvalue weighted by atomic mass is 16.3. The Morgan fingerprint density at radius 2 is 1.41 bits per heavy atom. The molecule has 4 heteroatoms. The zero-order chi connectivity index (χ0) is 13.8. The van der Waals surface area contributed by atoms with Gasteiger partial charge >= 0.3 is 0 Å². The lowest BCUT2D eigenvalue weighted by Crippen LogP contribution is -2.22. The summed E-state index contributed by atoms with van der Waals surface area (Å²) in [7, 11) is 0. The highest BCUT2D eigenvalue weighted by molar-refractivity contribution is 4.65. The quantitative estimate of drug-likeness (QED) is 0.549. The maximum Gasteiger partial charge on any atom is 0.0590 e. The summed E-state index contributed by atoms with van der Waals surface area (Å²) in [6, 6.07) is 0. The lowest BCUT2D eigenvalue weighted by molar-refractivity contribution is 0.0584. The summed E-state index contributed by atoms with van der Waals surface area (Å²) >= 11 is 0. The van der Waals surface area contributed by atoms with Crippen LogP contribution >= 0.6 is 0 Å². The van der Waals surface area contributed by atoms with Crippen LogP contribution in [0.1, 0.15) is 53.4 Å². The summed E-state index contributed by atoms with van der Waals surface area (Å²) in [4.78, 5) is 0. The van der Waals surface area contributed by atoms with Crippen molar-refractivity contribution < 1.29 is 20.4 Å². The summed E-state index contributed by atoms with van der Waals surface area (Å²) in [6.45, 7) is 7.45. The fourth-order valence-corrected chi connectivity index (χ4v) is 1.55. The fourth-order valence-electron chi connectivity index (χ4n) is 1.55. The van der Waals surface area contributed by atoms with Gasteiger partial charge in [0, 0.05) is 12.5 Å². The monoisotopic (exact) mass is 250 g/mol. The molecule has 4 N–H and O–H groups in total. The van der Waals surface area contributed by atoms with E-state index < -0.39 is 0 Å². The van der Waals surface area contributed by atoms with Gasteiger partial charge in [-0.1, -0.05) is 20.3 Å². The fraction of sp³-hybridized carbons (Fsp3) is 1.00. The predicted octanol–water partition coefficient (Wildman–Crippen LogP) is 1.30. The average Bonchev–Trinajstić information content (AvgIpc) is 2.18. The van der Waals surface area contributed by atoms with Crippen molar-refractivity contribution in [2.75, 3.05) is 6.61 Å². The van der Waals surface area contributed by atoms with E-state index in [0.29, 0.717) is 6.42 Å². The minimum Gasteiger partial charge on any atom is -0.396 e. The normalized spacial score (nSPS) is 17.6. The number of hydrogen-bond donors (Lipinski definition) is 4. The molecule has 0 rings (SSSR count). The molecule has 4 atom stereocenters. The molecule has 4 nitrogen and oxygen atoms in total. The molecule has 17 heavy (non-hydrogen) atoms. The van der Waals surface area contributed by atoms with Crippen LogP contribution in [-0.4, -0.2) is 45.3 Å². The maximum atomic E-state index is 9.35. The number of hydrogen-bond acceptors (Lipinski definition) is 4. The molecule has 0 bridgehead atoms. The highest BCUT2D eigenvalue weighted by Crippen LogP contribution is 2.12. The molecule has 106 valence electrons. The van der Waals surface area contributed by atoms with E-state index in [4.69, 9.17) is 15.3 Å². The Kier molecular flexibility index (Phi) is 13.9. The molecule has 0 fully saturated rings. The molecule has 0 saturated heterocycles. The van der Waals surface area contributed by atoms with E-state index in [1.165, 1.54) is 0 Å². The van der Waals surface area contributed by atoms with Crippen molar-refractivity contribution >= 4 is 0 Å². The van der Waals surface area contributed by atoms with E-state index in [1.54, 1.807) is 13.8 Å². The van der Waals surface area contributed by atoms with Crippen LogP contribution in [0, 0.1) is 5.92 Å². The van der Waals surface area contributed by atoms with E-state index in [-0.39, 0.29) is 30.8 Å². The Labute approximate surface area is 105 Å². The van der Waals surface area contributed by atoms with Crippen LogP contribution in [0.4, 0.5) is 0 Å². The third-order valence-corrected chi connectivity index (χ3v) is 2.57. The van der Waals surface area contributed by atoms with Crippen LogP contribution < -0.4 is 0 Å². The lowest BCUT2D eigenvalue weighted by Gasteiger charge is -2.17. The van der Waals surface area contributed by atoms with Gasteiger partial charge in [0.1, 0.15) is 0 Å². The van der Waals surface area contributed by atoms with Gasteiger partial charge in [0.25, 0.3) is 0 Å². The van der Waals surface area contributed by atoms with Crippen molar-refractivity contribution in [1.29, 1.82) is 0 Å². The van der Waals surface area contributed by atoms with Crippen LogP contribution in [0.15, 0.2) is 0 Å². The zero-order valence-corrected chi connectivity index (χ0v) is 11.6. The van der Waals surface area contributed by atoms with E-state index in [1.807, 2.05) is 13.8 Å². The first kappa shape index (κ1) is 19.2. The van der Waals surface area contributed by atoms with Crippen LogP contribution in [0.25, 0.3) is 0 Å². The maximum absolute atomic E-state index is 9.35. The van der Waals surface area contributed by atoms with E-state index in [9.17, 15) is 5.11 Å². The zero-order valence-electron chi connectivity index (χ0n) is 11.6. The third-order valence-electron chi connectivity index (χ3n) is 2.57. The Balaban J connectivity index is 0. The smallest absolute Gasteiger partial charge is 0.0590 e. The standard InChI is InChI=1S/C8H18O2.C5H12O2/c1-3-5-8(10)7(4-2)6-9;1-4(6)3-5(2)7/h7-10H,3-6H2,1-2H3;4-7H,3H2,1-2H3. The van der Waals surface area contributed by atoms with Gasteiger partial charge in [0.05, 0.1) is 18.3 Å². The molecular formula is C13H30O4. The van der Waals surface area contributed by atoms with Crippen molar-refractivity contribution in [3.8, 4) is 0 Å². The molecule has 0 heterocycles. The van der Waals surface area contributed by atoms with Crippen LogP contribution in [0.5, 0.6) is 0 Å². The predicted molar refractivity (Wildman–Crippen MR) is 69.8 cm³/mol. The molecule has 0 aliphatic carbocycles. The van der Waals surface area contributed by atoms with Crippen LogP contribution in [0.2, 0.25) is 0 Å². The number of aliphatic hydroxyl groups excluding tert-OH is 4. The largest absolute Gasteiger partial charge is 0.396 e. The van der Waals surface area contributed by atoms with Crippen molar-refractivity contribution in [3.05, 3.63) is 0 Å². The topological polar surface area (TPSA) is 80.9 Å². The first-order valence-corrected chi connectivity index (χ1v) is 6.53. The van der Waals surface area contributed by atoms with Crippen LogP contribution in [-0.2, 0) is 0 Å². The Bertz CT molecular complexity index is 138. The second-order valence-corrected chi connectivity index (χ2v) is 4.64. The lowest BCUT2D eigenvalue weighted by atomic mass is 9.97. The van der Waals surface area contributed by atoms with Gasteiger partial charge in [-0.2, -0.15) is 0 Å². The van der Waals surface area contributed by atoms with Gasteiger partial charge in [-0.25, -0.2) is 0 Å². The molecular weight excluding hydrogens is 220 g/mol. The van der Waals surface area contributed by atoms with Crippen LogP contribution in [0.3, 0.4) is 0 Å². The Hall–Kier alpha value is -0.160. The van der Waals surface area contributed by atoms with Gasteiger partial charge < -0.3 is 20.4 Å². The molecule has 0 radical (unpaired) electrons. The van der Waals surface area contributed by atoms with E-state index in [0.717, 1.165) is 19.3 Å². The summed E-state index contributed by atoms with van der Waals surface area (Å²) in [5.74, 6) is 0.0833. The second kappa shape index (κ2) is 12.3. The minimum atomic E-state index is -0.375. The van der Waals surface area contributed by atoms with Gasteiger partial charge in [-0.05, 0) is 33.1 Å². The summed E-state index contributed by atoms with van der Waals surface area (Å²) in [5.41, 5.74) is 0. The summed E-state index contributed by atoms with van der Waals surface area (Å²) in [5, 5.41) is 35.2. The second-order valence-electron chi connectivity index (χ2n) is 4.64. The Morgan fingerprint density at radius 3 is 1.59 bits per heavy atom. The number of aliphatic hydroxyl groups is 4. The molecule has 0 aromatic carbocycles. The van der Waals surface area contributed by atoms with Gasteiger partial charge in [0.2, 0.25) is 0 Å². The Morgan fingerprint density at radius 1 is 0.941 bits per heavy atom.